The van der Waals surface area contributed by atoms with Gasteiger partial charge in [-0.05, 0) is 40.8 Å². The summed E-state index contributed by atoms with van der Waals surface area (Å²) in [6, 6.07) is 15.5. The normalized spacial score (nSPS) is 11.8. The van der Waals surface area contributed by atoms with Crippen molar-refractivity contribution in [1.82, 2.24) is 15.6 Å². The van der Waals surface area contributed by atoms with Crippen LogP contribution in [0.5, 0.6) is 11.5 Å². The zero-order valence-corrected chi connectivity index (χ0v) is 18.2. The van der Waals surface area contributed by atoms with E-state index in [9.17, 15) is 14.7 Å². The van der Waals surface area contributed by atoms with Crippen LogP contribution in [0.1, 0.15) is 20.8 Å². The van der Waals surface area contributed by atoms with Crippen LogP contribution in [-0.4, -0.2) is 35.1 Å². The lowest BCUT2D eigenvalue weighted by Gasteiger charge is -2.18. The first-order valence-corrected chi connectivity index (χ1v) is 11.0. The van der Waals surface area contributed by atoms with Crippen LogP contribution in [0.4, 0.5) is 0 Å². The fourth-order valence-electron chi connectivity index (χ4n) is 3.51. The van der Waals surface area contributed by atoms with E-state index < -0.39 is 6.04 Å². The average Bonchev–Trinajstić information content (AvgIpc) is 3.48. The fraction of sp³-hybridized carbons (Fsp3) is 0.167. The lowest BCUT2D eigenvalue weighted by molar-refractivity contribution is -0.123. The number of benzene rings is 2. The number of fused-ring (bicyclic) bond motifs is 1. The van der Waals surface area contributed by atoms with Crippen molar-refractivity contribution in [2.24, 2.45) is 0 Å². The third kappa shape index (κ3) is 4.76. The molecule has 0 aliphatic rings. The first-order valence-electron chi connectivity index (χ1n) is 10.1. The predicted molar refractivity (Wildman–Crippen MR) is 124 cm³/mol. The average molecular weight is 450 g/mol. The van der Waals surface area contributed by atoms with Gasteiger partial charge in [0.25, 0.3) is 5.91 Å². The van der Waals surface area contributed by atoms with Crippen molar-refractivity contribution in [2.45, 2.75) is 19.0 Å². The Morgan fingerprint density at radius 3 is 2.78 bits per heavy atom. The summed E-state index contributed by atoms with van der Waals surface area (Å²) in [5.41, 5.74) is 2.68. The molecule has 2 aromatic heterocycles. The van der Waals surface area contributed by atoms with E-state index in [2.05, 4.69) is 15.6 Å². The molecule has 4 N–H and O–H groups in total. The van der Waals surface area contributed by atoms with Gasteiger partial charge in [-0.3, -0.25) is 9.59 Å². The fourth-order valence-corrected chi connectivity index (χ4v) is 4.14. The first kappa shape index (κ1) is 21.5. The number of H-pyrrole nitrogens is 1. The Hall–Kier alpha value is -3.78. The standard InChI is InChI=1S/C24H23N3O4S/c1-31-21-11-15(8-9-20(21)28)13-26-23(29)19(27-24(30)22-7-4-10-32-22)12-16-14-25-18-6-3-2-5-17(16)18/h2-11,14,19,25,28H,12-13H2,1H3,(H,26,29)(H,27,30). The van der Waals surface area contributed by atoms with E-state index in [1.807, 2.05) is 35.8 Å². The molecule has 0 saturated carbocycles. The van der Waals surface area contributed by atoms with E-state index in [0.29, 0.717) is 17.0 Å². The summed E-state index contributed by atoms with van der Waals surface area (Å²) in [5.74, 6) is -0.223. The summed E-state index contributed by atoms with van der Waals surface area (Å²) < 4.78 is 5.12. The number of para-hydroxylation sites is 1. The number of rotatable bonds is 8. The van der Waals surface area contributed by atoms with Gasteiger partial charge in [0.1, 0.15) is 6.04 Å². The molecule has 4 rings (SSSR count). The number of phenolic OH excluding ortho intramolecular Hbond substituents is 1. The van der Waals surface area contributed by atoms with Crippen molar-refractivity contribution in [1.29, 1.82) is 0 Å². The number of phenols is 1. The molecule has 2 amide bonds. The Morgan fingerprint density at radius 2 is 2.00 bits per heavy atom. The molecular weight excluding hydrogens is 426 g/mol. The molecule has 0 aliphatic carbocycles. The van der Waals surface area contributed by atoms with Crippen molar-refractivity contribution < 1.29 is 19.4 Å². The Labute approximate surface area is 189 Å². The van der Waals surface area contributed by atoms with Gasteiger partial charge in [-0.1, -0.05) is 30.3 Å². The van der Waals surface area contributed by atoms with Gasteiger partial charge in [0.15, 0.2) is 11.5 Å². The number of nitrogens with one attached hydrogen (secondary N) is 3. The van der Waals surface area contributed by atoms with E-state index in [1.165, 1.54) is 24.5 Å². The van der Waals surface area contributed by atoms with Crippen LogP contribution >= 0.6 is 11.3 Å². The lowest BCUT2D eigenvalue weighted by atomic mass is 10.0. The van der Waals surface area contributed by atoms with Crippen molar-refractivity contribution >= 4 is 34.1 Å². The van der Waals surface area contributed by atoms with Gasteiger partial charge < -0.3 is 25.5 Å². The molecule has 2 heterocycles. The summed E-state index contributed by atoms with van der Waals surface area (Å²) in [4.78, 5) is 29.5. The number of hydrogen-bond donors (Lipinski definition) is 4. The number of carbonyl (C=O) groups is 2. The maximum Gasteiger partial charge on any atom is 0.262 e. The molecule has 164 valence electrons. The van der Waals surface area contributed by atoms with Gasteiger partial charge in [-0.15, -0.1) is 11.3 Å². The van der Waals surface area contributed by atoms with Crippen LogP contribution in [0.15, 0.2) is 66.2 Å². The van der Waals surface area contributed by atoms with Gasteiger partial charge >= 0.3 is 0 Å². The molecule has 0 saturated heterocycles. The highest BCUT2D eigenvalue weighted by molar-refractivity contribution is 7.12. The number of aromatic nitrogens is 1. The highest BCUT2D eigenvalue weighted by Gasteiger charge is 2.23. The molecule has 32 heavy (non-hydrogen) atoms. The molecule has 0 radical (unpaired) electrons. The minimum absolute atomic E-state index is 0.0306. The second-order valence-electron chi connectivity index (χ2n) is 7.29. The number of thiophene rings is 1. The SMILES string of the molecule is COc1cc(CNC(=O)C(Cc2c[nH]c3ccccc23)NC(=O)c2cccs2)ccc1O. The van der Waals surface area contributed by atoms with Gasteiger partial charge in [0.05, 0.1) is 12.0 Å². The summed E-state index contributed by atoms with van der Waals surface area (Å²) in [6.07, 6.45) is 2.21. The second-order valence-corrected chi connectivity index (χ2v) is 8.24. The number of aromatic hydroxyl groups is 1. The summed E-state index contributed by atoms with van der Waals surface area (Å²) in [5, 5.41) is 18.3. The summed E-state index contributed by atoms with van der Waals surface area (Å²) in [7, 11) is 1.47. The van der Waals surface area contributed by atoms with E-state index >= 15 is 0 Å². The van der Waals surface area contributed by atoms with Crippen LogP contribution in [0.3, 0.4) is 0 Å². The van der Waals surface area contributed by atoms with Gasteiger partial charge in [-0.2, -0.15) is 0 Å². The predicted octanol–water partition coefficient (Wildman–Crippen LogP) is 3.60. The minimum Gasteiger partial charge on any atom is -0.504 e. The first-order chi connectivity index (χ1) is 15.5. The van der Waals surface area contributed by atoms with Crippen LogP contribution in [0.2, 0.25) is 0 Å². The molecule has 0 bridgehead atoms. The molecule has 8 heteroatoms. The van der Waals surface area contributed by atoms with Crippen molar-refractivity contribution in [3.8, 4) is 11.5 Å². The molecule has 4 aromatic rings. The molecule has 0 fully saturated rings. The van der Waals surface area contributed by atoms with Crippen LogP contribution < -0.4 is 15.4 Å². The Morgan fingerprint density at radius 1 is 1.16 bits per heavy atom. The molecule has 0 aliphatic heterocycles. The number of amides is 2. The largest absolute Gasteiger partial charge is 0.504 e. The smallest absolute Gasteiger partial charge is 0.262 e. The Kier molecular flexibility index (Phi) is 6.42. The van der Waals surface area contributed by atoms with Crippen LogP contribution in [-0.2, 0) is 17.8 Å². The second kappa shape index (κ2) is 9.57. The van der Waals surface area contributed by atoms with Crippen molar-refractivity contribution in [2.75, 3.05) is 7.11 Å². The molecule has 1 atom stereocenters. The Balaban J connectivity index is 1.52. The van der Waals surface area contributed by atoms with E-state index in [4.69, 9.17) is 4.74 Å². The molecule has 2 aromatic carbocycles. The Bertz CT molecular complexity index is 1230. The number of methoxy groups -OCH3 is 1. The summed E-state index contributed by atoms with van der Waals surface area (Å²) in [6.45, 7) is 0.231. The van der Waals surface area contributed by atoms with Gasteiger partial charge in [0, 0.05) is 30.1 Å². The molecule has 7 nitrogen and oxygen atoms in total. The number of carbonyl (C=O) groups excluding carboxylic acids is 2. The highest BCUT2D eigenvalue weighted by atomic mass is 32.1. The van der Waals surface area contributed by atoms with E-state index in [0.717, 1.165) is 22.0 Å². The third-order valence-electron chi connectivity index (χ3n) is 5.18. The molecule has 0 spiro atoms. The summed E-state index contributed by atoms with van der Waals surface area (Å²) >= 11 is 1.32. The van der Waals surface area contributed by atoms with Crippen molar-refractivity contribution in [3.05, 3.63) is 82.2 Å². The highest BCUT2D eigenvalue weighted by Crippen LogP contribution is 2.26. The minimum atomic E-state index is -0.761. The lowest BCUT2D eigenvalue weighted by Crippen LogP contribution is -2.47. The number of ether oxygens (including phenoxy) is 1. The van der Waals surface area contributed by atoms with E-state index in [1.54, 1.807) is 24.3 Å². The molecular formula is C24H23N3O4S. The van der Waals surface area contributed by atoms with Crippen LogP contribution in [0, 0.1) is 0 Å². The maximum absolute atomic E-state index is 13.1. The molecule has 1 unspecified atom stereocenters. The van der Waals surface area contributed by atoms with E-state index in [-0.39, 0.29) is 24.1 Å². The van der Waals surface area contributed by atoms with Gasteiger partial charge in [-0.25, -0.2) is 0 Å². The van der Waals surface area contributed by atoms with Crippen LogP contribution in [0.25, 0.3) is 10.9 Å². The zero-order valence-electron chi connectivity index (χ0n) is 17.4. The number of aromatic amines is 1. The topological polar surface area (TPSA) is 103 Å². The number of hydrogen-bond acceptors (Lipinski definition) is 5. The quantitative estimate of drug-likeness (QED) is 0.330. The third-order valence-corrected chi connectivity index (χ3v) is 6.05. The zero-order chi connectivity index (χ0) is 22.5. The monoisotopic (exact) mass is 449 g/mol. The van der Waals surface area contributed by atoms with Crippen molar-refractivity contribution in [3.63, 3.8) is 0 Å². The maximum atomic E-state index is 13.1. The van der Waals surface area contributed by atoms with Gasteiger partial charge in [0.2, 0.25) is 5.91 Å².